The molecule has 4 N–H and O–H groups in total. The molecule has 0 heterocycles. The molecule has 0 amide bonds. The van der Waals surface area contributed by atoms with E-state index >= 15 is 0 Å². The van der Waals surface area contributed by atoms with Crippen molar-refractivity contribution in [1.29, 1.82) is 0 Å². The Kier molecular flexibility index (Phi) is 39.7. The van der Waals surface area contributed by atoms with Crippen LogP contribution in [-0.2, 0) is 37.5 Å². The molecule has 1 unspecified atom stereocenters. The zero-order valence-corrected chi connectivity index (χ0v) is 37.3. The van der Waals surface area contributed by atoms with Gasteiger partial charge in [0.05, 0.1) is 13.2 Å². The maximum atomic E-state index is 12.6. The van der Waals surface area contributed by atoms with Crippen molar-refractivity contribution in [2.75, 3.05) is 19.8 Å². The van der Waals surface area contributed by atoms with Crippen molar-refractivity contribution in [3.05, 3.63) is 12.2 Å². The van der Waals surface area contributed by atoms with Crippen LogP contribution in [0.2, 0.25) is 0 Å². The van der Waals surface area contributed by atoms with Gasteiger partial charge in [-0.15, -0.1) is 0 Å². The number of unbranched alkanes of at least 4 members (excludes halogenated alkanes) is 28. The number of nitrogens with two attached hydrogens (primary N) is 1. The molecule has 0 radical (unpaired) electrons. The van der Waals surface area contributed by atoms with Crippen LogP contribution < -0.4 is 5.73 Å². The summed E-state index contributed by atoms with van der Waals surface area (Å²) in [4.78, 5) is 45.9. The molecule has 0 saturated carbocycles. The summed E-state index contributed by atoms with van der Waals surface area (Å²) in [5.74, 6) is -2.41. The van der Waals surface area contributed by atoms with Crippen molar-refractivity contribution in [2.45, 2.75) is 238 Å². The van der Waals surface area contributed by atoms with E-state index in [2.05, 4.69) is 30.5 Å². The molecule has 0 rings (SSSR count). The van der Waals surface area contributed by atoms with Crippen LogP contribution in [0.4, 0.5) is 0 Å². The Bertz CT molecular complexity index is 1030. The van der Waals surface area contributed by atoms with Crippen LogP contribution in [0.15, 0.2) is 12.2 Å². The number of phosphoric acid groups is 1. The molecule has 3 atom stereocenters. The van der Waals surface area contributed by atoms with Crippen LogP contribution >= 0.6 is 7.82 Å². The van der Waals surface area contributed by atoms with Gasteiger partial charge in [0, 0.05) is 12.8 Å². The van der Waals surface area contributed by atoms with E-state index in [1.54, 1.807) is 0 Å². The molecule has 0 aliphatic carbocycles. The average Bonchev–Trinajstić information content (AvgIpc) is 3.19. The molecule has 0 spiro atoms. The number of rotatable bonds is 44. The number of carbonyl (C=O) groups excluding carboxylic acids is 2. The number of hydrogen-bond donors (Lipinski definition) is 3. The lowest BCUT2D eigenvalue weighted by Gasteiger charge is -2.20. The Labute approximate surface area is 348 Å². The van der Waals surface area contributed by atoms with Crippen molar-refractivity contribution < 1.29 is 47.5 Å². The van der Waals surface area contributed by atoms with Gasteiger partial charge in [-0.25, -0.2) is 4.57 Å². The highest BCUT2D eigenvalue weighted by Gasteiger charge is 2.28. The normalized spacial score (nSPS) is 13.8. The fourth-order valence-electron chi connectivity index (χ4n) is 6.60. The maximum absolute atomic E-state index is 12.6. The first-order valence-corrected chi connectivity index (χ1v) is 24.7. The quantitative estimate of drug-likeness (QED) is 0.0231. The van der Waals surface area contributed by atoms with Gasteiger partial charge < -0.3 is 25.2 Å². The molecule has 336 valence electrons. The Balaban J connectivity index is 4.21. The van der Waals surface area contributed by atoms with E-state index in [4.69, 9.17) is 24.8 Å². The van der Waals surface area contributed by atoms with Crippen LogP contribution in [0.1, 0.15) is 226 Å². The summed E-state index contributed by atoms with van der Waals surface area (Å²) >= 11 is 0. The van der Waals surface area contributed by atoms with Crippen LogP contribution in [-0.4, -0.2) is 59.9 Å². The van der Waals surface area contributed by atoms with Gasteiger partial charge in [-0.1, -0.05) is 193 Å². The highest BCUT2D eigenvalue weighted by molar-refractivity contribution is 7.47. The minimum atomic E-state index is -4.72. The summed E-state index contributed by atoms with van der Waals surface area (Å²) in [5, 5.41) is 8.88. The molecule has 0 bridgehead atoms. The molecule has 57 heavy (non-hydrogen) atoms. The second-order valence-corrected chi connectivity index (χ2v) is 17.3. The lowest BCUT2D eigenvalue weighted by atomic mass is 10.0. The van der Waals surface area contributed by atoms with E-state index < -0.39 is 51.1 Å². The van der Waals surface area contributed by atoms with Crippen LogP contribution in [0.5, 0.6) is 0 Å². The second kappa shape index (κ2) is 41.0. The van der Waals surface area contributed by atoms with E-state index in [-0.39, 0.29) is 19.4 Å². The van der Waals surface area contributed by atoms with E-state index in [9.17, 15) is 23.8 Å². The number of esters is 2. The average molecular weight is 832 g/mol. The first-order valence-electron chi connectivity index (χ1n) is 23.2. The molecule has 0 saturated heterocycles. The summed E-state index contributed by atoms with van der Waals surface area (Å²) in [6.07, 6.45) is 41.6. The van der Waals surface area contributed by atoms with Gasteiger partial charge in [-0.3, -0.25) is 23.4 Å². The highest BCUT2D eigenvalue weighted by Crippen LogP contribution is 2.43. The third-order valence-electron chi connectivity index (χ3n) is 10.3. The van der Waals surface area contributed by atoms with Gasteiger partial charge in [-0.05, 0) is 32.1 Å². The second-order valence-electron chi connectivity index (χ2n) is 15.9. The molecular weight excluding hydrogens is 745 g/mol. The van der Waals surface area contributed by atoms with Crippen molar-refractivity contribution in [1.82, 2.24) is 0 Å². The van der Waals surface area contributed by atoms with Gasteiger partial charge in [0.25, 0.3) is 0 Å². The highest BCUT2D eigenvalue weighted by atomic mass is 31.2. The standard InChI is InChI=1S/C45H86NO10P/c1-3-5-7-9-11-13-15-16-17-18-19-20-21-22-23-24-25-26-27-29-31-33-35-37-44(48)56-41(39-54-57(51,52)55-40-42(46)45(49)50)38-53-43(47)36-34-32-30-28-14-12-10-8-6-4-2/h29,31,41-42H,3-28,30,32-40,46H2,1-2H3,(H,49,50)(H,51,52)/b31-29+/t41-,42-/m0/s1. The minimum absolute atomic E-state index is 0.118. The van der Waals surface area contributed by atoms with Crippen molar-refractivity contribution in [2.24, 2.45) is 5.73 Å². The lowest BCUT2D eigenvalue weighted by Crippen LogP contribution is -2.34. The molecule has 0 aromatic rings. The van der Waals surface area contributed by atoms with E-state index in [0.29, 0.717) is 19.3 Å². The topological polar surface area (TPSA) is 172 Å². The van der Waals surface area contributed by atoms with Gasteiger partial charge in [0.1, 0.15) is 12.6 Å². The molecule has 0 aliphatic heterocycles. The van der Waals surface area contributed by atoms with E-state index in [0.717, 1.165) is 32.1 Å². The number of aliphatic carboxylic acids is 1. The maximum Gasteiger partial charge on any atom is 0.472 e. The van der Waals surface area contributed by atoms with Gasteiger partial charge >= 0.3 is 25.7 Å². The SMILES string of the molecule is CCCCCCCCCCCCCCCCCCCC/C=C/CCCC(=O)O[C@@H](COC(=O)CCCCCCCCCCCC)COP(=O)(O)OC[C@H](N)C(=O)O. The van der Waals surface area contributed by atoms with Gasteiger partial charge in [0.15, 0.2) is 6.10 Å². The third kappa shape index (κ3) is 40.8. The third-order valence-corrected chi connectivity index (χ3v) is 11.2. The molecular formula is C45H86NO10P. The van der Waals surface area contributed by atoms with Gasteiger partial charge in [0.2, 0.25) is 0 Å². The monoisotopic (exact) mass is 832 g/mol. The Morgan fingerprint density at radius 2 is 0.895 bits per heavy atom. The van der Waals surface area contributed by atoms with Gasteiger partial charge in [-0.2, -0.15) is 0 Å². The van der Waals surface area contributed by atoms with Crippen molar-refractivity contribution in [3.8, 4) is 0 Å². The molecule has 0 aromatic heterocycles. The summed E-state index contributed by atoms with van der Waals surface area (Å²) in [6.45, 7) is 2.79. The number of phosphoric ester groups is 1. The zero-order valence-electron chi connectivity index (χ0n) is 36.5. The molecule has 0 aromatic carbocycles. The Hall–Kier alpha value is -1.78. The predicted molar refractivity (Wildman–Crippen MR) is 231 cm³/mol. The summed E-state index contributed by atoms with van der Waals surface area (Å²) in [5.41, 5.74) is 5.33. The fraction of sp³-hybridized carbons (Fsp3) is 0.889. The summed E-state index contributed by atoms with van der Waals surface area (Å²) < 4.78 is 32.6. The van der Waals surface area contributed by atoms with E-state index in [1.807, 2.05) is 0 Å². The van der Waals surface area contributed by atoms with Crippen LogP contribution in [0.25, 0.3) is 0 Å². The Morgan fingerprint density at radius 3 is 1.33 bits per heavy atom. The molecule has 12 heteroatoms. The Morgan fingerprint density at radius 1 is 0.526 bits per heavy atom. The largest absolute Gasteiger partial charge is 0.480 e. The number of carboxylic acid groups (broad SMARTS) is 1. The smallest absolute Gasteiger partial charge is 0.472 e. The number of hydrogen-bond acceptors (Lipinski definition) is 9. The molecule has 0 aliphatic rings. The first-order chi connectivity index (χ1) is 27.6. The summed E-state index contributed by atoms with van der Waals surface area (Å²) in [6, 6.07) is -1.52. The van der Waals surface area contributed by atoms with Crippen LogP contribution in [0, 0.1) is 0 Å². The minimum Gasteiger partial charge on any atom is -0.480 e. The predicted octanol–water partition coefficient (Wildman–Crippen LogP) is 12.5. The fourth-order valence-corrected chi connectivity index (χ4v) is 7.38. The number of carboxylic acids is 1. The van der Waals surface area contributed by atoms with Crippen LogP contribution in [0.3, 0.4) is 0 Å². The number of ether oxygens (including phenoxy) is 2. The number of allylic oxidation sites excluding steroid dienone is 2. The van der Waals surface area contributed by atoms with E-state index in [1.165, 1.54) is 148 Å². The molecule has 0 fully saturated rings. The lowest BCUT2D eigenvalue weighted by molar-refractivity contribution is -0.161. The summed E-state index contributed by atoms with van der Waals surface area (Å²) in [7, 11) is -4.72. The first kappa shape index (κ1) is 55.2. The van der Waals surface area contributed by atoms with Crippen molar-refractivity contribution in [3.63, 3.8) is 0 Å². The number of carbonyl (C=O) groups is 3. The van der Waals surface area contributed by atoms with Crippen molar-refractivity contribution >= 4 is 25.7 Å². The zero-order chi connectivity index (χ0) is 42.1. The molecule has 11 nitrogen and oxygen atoms in total.